The smallest absolute Gasteiger partial charge is 0.244 e. The van der Waals surface area contributed by atoms with Crippen LogP contribution in [-0.2, 0) is 14.4 Å². The molecule has 0 radical (unpaired) electrons. The molecule has 0 bridgehead atoms. The van der Waals surface area contributed by atoms with Crippen LogP contribution in [0.5, 0.6) is 0 Å². The first-order chi connectivity index (χ1) is 12.6. The van der Waals surface area contributed by atoms with Crippen LogP contribution in [0.15, 0.2) is 22.5 Å². The number of fused-ring (bicyclic) bond motifs is 2. The van der Waals surface area contributed by atoms with Crippen molar-refractivity contribution in [3.05, 3.63) is 18.2 Å². The molecule has 1 saturated carbocycles. The number of likely N-dealkylation sites (tertiary alicyclic amines) is 1. The lowest BCUT2D eigenvalue weighted by atomic mass is 9.81. The lowest BCUT2D eigenvalue weighted by Gasteiger charge is -2.19. The SMILES string of the molecule is CSc1nc2ccc(NC(=O)CN3C(=O)[C@H]4CCCC[C@@H]4C3=O)cc2s1. The summed E-state index contributed by atoms with van der Waals surface area (Å²) in [6.45, 7) is -0.207. The Labute approximate surface area is 159 Å². The van der Waals surface area contributed by atoms with E-state index in [0.29, 0.717) is 5.69 Å². The van der Waals surface area contributed by atoms with Crippen LogP contribution in [0.1, 0.15) is 25.7 Å². The molecule has 0 spiro atoms. The van der Waals surface area contributed by atoms with Crippen molar-refractivity contribution in [1.82, 2.24) is 9.88 Å². The molecule has 1 aromatic carbocycles. The number of amides is 3. The Morgan fingerprint density at radius 1 is 1.27 bits per heavy atom. The van der Waals surface area contributed by atoms with E-state index in [1.165, 1.54) is 0 Å². The summed E-state index contributed by atoms with van der Waals surface area (Å²) in [6, 6.07) is 5.53. The molecule has 2 aliphatic rings. The second kappa shape index (κ2) is 7.00. The second-order valence-electron chi connectivity index (χ2n) is 6.67. The van der Waals surface area contributed by atoms with Gasteiger partial charge in [-0.2, -0.15) is 0 Å². The van der Waals surface area contributed by atoms with E-state index in [4.69, 9.17) is 0 Å². The number of aromatic nitrogens is 1. The minimum absolute atomic E-state index is 0.183. The van der Waals surface area contributed by atoms with Gasteiger partial charge in [0.15, 0.2) is 4.34 Å². The van der Waals surface area contributed by atoms with Gasteiger partial charge in [0, 0.05) is 5.69 Å². The van der Waals surface area contributed by atoms with E-state index in [1.54, 1.807) is 29.2 Å². The van der Waals surface area contributed by atoms with E-state index in [0.717, 1.165) is 45.1 Å². The quantitative estimate of drug-likeness (QED) is 0.642. The summed E-state index contributed by atoms with van der Waals surface area (Å²) >= 11 is 3.15. The molecular weight excluding hydrogens is 370 g/mol. The number of hydrogen-bond donors (Lipinski definition) is 1. The lowest BCUT2D eigenvalue weighted by Crippen LogP contribution is -2.38. The Bertz CT molecular complexity index is 871. The number of nitrogens with one attached hydrogen (secondary N) is 1. The lowest BCUT2D eigenvalue weighted by molar-refractivity contribution is -0.142. The highest BCUT2D eigenvalue weighted by Gasteiger charge is 2.48. The van der Waals surface area contributed by atoms with Crippen molar-refractivity contribution in [3.63, 3.8) is 0 Å². The molecule has 26 heavy (non-hydrogen) atoms. The number of rotatable bonds is 4. The van der Waals surface area contributed by atoms with Crippen LogP contribution in [0.3, 0.4) is 0 Å². The third-order valence-electron chi connectivity index (χ3n) is 5.06. The molecule has 2 atom stereocenters. The molecule has 6 nitrogen and oxygen atoms in total. The highest BCUT2D eigenvalue weighted by Crippen LogP contribution is 2.38. The van der Waals surface area contributed by atoms with Crippen molar-refractivity contribution in [1.29, 1.82) is 0 Å². The van der Waals surface area contributed by atoms with Gasteiger partial charge in [0.1, 0.15) is 6.54 Å². The summed E-state index contributed by atoms with van der Waals surface area (Å²) in [6.07, 6.45) is 5.45. The minimum Gasteiger partial charge on any atom is -0.324 e. The largest absolute Gasteiger partial charge is 0.324 e. The molecule has 1 N–H and O–H groups in total. The Kier molecular flexibility index (Phi) is 4.71. The minimum atomic E-state index is -0.348. The van der Waals surface area contributed by atoms with E-state index in [-0.39, 0.29) is 36.1 Å². The molecule has 1 saturated heterocycles. The number of nitrogens with zero attached hydrogens (tertiary/aromatic N) is 2. The van der Waals surface area contributed by atoms with Crippen LogP contribution in [-0.4, -0.2) is 40.4 Å². The predicted molar refractivity (Wildman–Crippen MR) is 102 cm³/mol. The van der Waals surface area contributed by atoms with E-state index in [2.05, 4.69) is 10.3 Å². The number of carbonyl (C=O) groups is 3. The number of benzene rings is 1. The molecule has 1 aliphatic heterocycles. The molecule has 4 rings (SSSR count). The molecule has 8 heteroatoms. The van der Waals surface area contributed by atoms with Gasteiger partial charge in [-0.05, 0) is 37.3 Å². The van der Waals surface area contributed by atoms with Gasteiger partial charge in [-0.15, -0.1) is 11.3 Å². The van der Waals surface area contributed by atoms with Gasteiger partial charge in [-0.1, -0.05) is 24.6 Å². The van der Waals surface area contributed by atoms with E-state index in [9.17, 15) is 14.4 Å². The zero-order valence-corrected chi connectivity index (χ0v) is 16.0. The third-order valence-corrected chi connectivity index (χ3v) is 7.06. The van der Waals surface area contributed by atoms with Gasteiger partial charge in [0.05, 0.1) is 22.1 Å². The van der Waals surface area contributed by atoms with Crippen LogP contribution in [0.4, 0.5) is 5.69 Å². The van der Waals surface area contributed by atoms with Crippen molar-refractivity contribution < 1.29 is 14.4 Å². The maximum absolute atomic E-state index is 12.5. The molecule has 2 fully saturated rings. The standard InChI is InChI=1S/C18H19N3O3S2/c1-25-18-20-13-7-6-10(8-14(13)26-18)19-15(22)9-21-16(23)11-4-2-3-5-12(11)17(21)24/h6-8,11-12H,2-5,9H2,1H3,(H,19,22)/t11-,12-/m0/s1. The van der Waals surface area contributed by atoms with Crippen molar-refractivity contribution in [3.8, 4) is 0 Å². The zero-order chi connectivity index (χ0) is 18.3. The molecule has 136 valence electrons. The number of thiazole rings is 1. The molecule has 3 amide bonds. The van der Waals surface area contributed by atoms with Crippen molar-refractivity contribution >= 4 is 56.7 Å². The maximum atomic E-state index is 12.5. The van der Waals surface area contributed by atoms with Crippen LogP contribution >= 0.6 is 23.1 Å². The monoisotopic (exact) mass is 389 g/mol. The third kappa shape index (κ3) is 3.12. The highest BCUT2D eigenvalue weighted by molar-refractivity contribution is 8.00. The summed E-state index contributed by atoms with van der Waals surface area (Å²) in [4.78, 5) is 42.9. The summed E-state index contributed by atoms with van der Waals surface area (Å²) in [5.74, 6) is -1.15. The summed E-state index contributed by atoms with van der Waals surface area (Å²) in [5, 5.41) is 2.80. The van der Waals surface area contributed by atoms with Crippen molar-refractivity contribution in [2.75, 3.05) is 18.1 Å². The van der Waals surface area contributed by atoms with Gasteiger partial charge in [0.2, 0.25) is 17.7 Å². The van der Waals surface area contributed by atoms with Crippen LogP contribution in [0.25, 0.3) is 10.2 Å². The molecule has 2 heterocycles. The zero-order valence-electron chi connectivity index (χ0n) is 14.4. The fourth-order valence-electron chi connectivity index (χ4n) is 3.80. The predicted octanol–water partition coefficient (Wildman–Crippen LogP) is 3.13. The van der Waals surface area contributed by atoms with Crippen LogP contribution in [0, 0.1) is 11.8 Å². The van der Waals surface area contributed by atoms with Crippen molar-refractivity contribution in [2.24, 2.45) is 11.8 Å². The Morgan fingerprint density at radius 3 is 2.62 bits per heavy atom. The highest BCUT2D eigenvalue weighted by atomic mass is 32.2. The average Bonchev–Trinajstić information content (AvgIpc) is 3.16. The van der Waals surface area contributed by atoms with Gasteiger partial charge in [-0.25, -0.2) is 4.98 Å². The fraction of sp³-hybridized carbons (Fsp3) is 0.444. The number of hydrogen-bond acceptors (Lipinski definition) is 6. The summed E-state index contributed by atoms with van der Waals surface area (Å²) in [7, 11) is 0. The number of thioether (sulfide) groups is 1. The van der Waals surface area contributed by atoms with Gasteiger partial charge in [-0.3, -0.25) is 19.3 Å². The van der Waals surface area contributed by atoms with Gasteiger partial charge < -0.3 is 5.32 Å². The molecular formula is C18H19N3O3S2. The van der Waals surface area contributed by atoms with Gasteiger partial charge in [0.25, 0.3) is 0 Å². The van der Waals surface area contributed by atoms with E-state index in [1.807, 2.05) is 18.4 Å². The molecule has 0 unspecified atom stereocenters. The summed E-state index contributed by atoms with van der Waals surface area (Å²) in [5.41, 5.74) is 1.54. The second-order valence-corrected chi connectivity index (χ2v) is 8.76. The first-order valence-electron chi connectivity index (χ1n) is 8.66. The fourth-order valence-corrected chi connectivity index (χ4v) is 5.33. The molecule has 1 aromatic heterocycles. The number of anilines is 1. The average molecular weight is 390 g/mol. The normalized spacial score (nSPS) is 22.7. The van der Waals surface area contributed by atoms with Gasteiger partial charge >= 0.3 is 0 Å². The molecule has 1 aliphatic carbocycles. The maximum Gasteiger partial charge on any atom is 0.244 e. The summed E-state index contributed by atoms with van der Waals surface area (Å²) < 4.78 is 1.96. The van der Waals surface area contributed by atoms with E-state index >= 15 is 0 Å². The van der Waals surface area contributed by atoms with Crippen LogP contribution in [0.2, 0.25) is 0 Å². The topological polar surface area (TPSA) is 79.4 Å². The molecule has 2 aromatic rings. The first-order valence-corrected chi connectivity index (χ1v) is 10.7. The number of carbonyl (C=O) groups excluding carboxylic acids is 3. The number of imide groups is 1. The van der Waals surface area contributed by atoms with E-state index < -0.39 is 0 Å². The van der Waals surface area contributed by atoms with Crippen LogP contribution < -0.4 is 5.32 Å². The Hall–Kier alpha value is -1.93. The van der Waals surface area contributed by atoms with Crippen molar-refractivity contribution in [2.45, 2.75) is 30.0 Å². The Morgan fingerprint density at radius 2 is 1.96 bits per heavy atom. The first kappa shape index (κ1) is 17.5. The Balaban J connectivity index is 1.45.